The minimum atomic E-state index is 0.500. The first-order valence-electron chi connectivity index (χ1n) is 5.33. The van der Waals surface area contributed by atoms with Crippen LogP contribution >= 0.6 is 0 Å². The van der Waals surface area contributed by atoms with Gasteiger partial charge in [-0.05, 0) is 18.6 Å². The van der Waals surface area contributed by atoms with Crippen molar-refractivity contribution in [3.8, 4) is 0 Å². The zero-order valence-corrected chi connectivity index (χ0v) is 9.49. The summed E-state index contributed by atoms with van der Waals surface area (Å²) in [7, 11) is 0. The minimum Gasteiger partial charge on any atom is -0.309 e. The van der Waals surface area contributed by atoms with E-state index < -0.39 is 0 Å². The van der Waals surface area contributed by atoms with E-state index in [0.717, 1.165) is 12.2 Å². The second-order valence-electron chi connectivity index (χ2n) is 4.17. The molecule has 3 heteroatoms. The van der Waals surface area contributed by atoms with Crippen LogP contribution in [0.2, 0.25) is 0 Å². The third-order valence-electron chi connectivity index (χ3n) is 2.50. The first-order chi connectivity index (χ1) is 7.18. The predicted octanol–water partition coefficient (Wildman–Crippen LogP) is 2.14. The number of nitrogens with zero attached hydrogens (tertiary/aromatic N) is 2. The molecule has 0 spiro atoms. The molecule has 2 aromatic heterocycles. The zero-order valence-electron chi connectivity index (χ0n) is 9.49. The molecule has 0 saturated carbocycles. The zero-order chi connectivity index (χ0) is 10.8. The van der Waals surface area contributed by atoms with Crippen molar-refractivity contribution in [1.29, 1.82) is 0 Å². The van der Waals surface area contributed by atoms with Gasteiger partial charge < -0.3 is 9.72 Å². The van der Waals surface area contributed by atoms with Crippen molar-refractivity contribution in [2.75, 3.05) is 0 Å². The third kappa shape index (κ3) is 2.02. The van der Waals surface area contributed by atoms with Crippen LogP contribution in [0.3, 0.4) is 0 Å². The van der Waals surface area contributed by atoms with Gasteiger partial charge in [0.1, 0.15) is 5.65 Å². The maximum atomic E-state index is 4.42. The molecule has 0 radical (unpaired) electrons. The number of hydrogen-bond acceptors (Lipinski definition) is 2. The van der Waals surface area contributed by atoms with Crippen LogP contribution in [-0.2, 0) is 6.54 Å². The number of fused-ring (bicyclic) bond motifs is 1. The lowest BCUT2D eigenvalue weighted by molar-refractivity contribution is 0.579. The summed E-state index contributed by atoms with van der Waals surface area (Å²) < 4.78 is 2.14. The number of aromatic nitrogens is 2. The van der Waals surface area contributed by atoms with Crippen LogP contribution in [0, 0.1) is 6.92 Å². The number of aryl methyl sites for hydroxylation is 1. The second-order valence-corrected chi connectivity index (χ2v) is 4.17. The first-order valence-corrected chi connectivity index (χ1v) is 5.33. The number of pyridine rings is 1. The lowest BCUT2D eigenvalue weighted by Gasteiger charge is -2.07. The molecule has 2 heterocycles. The van der Waals surface area contributed by atoms with Gasteiger partial charge in [0.05, 0.1) is 11.9 Å². The Labute approximate surface area is 90.1 Å². The van der Waals surface area contributed by atoms with Gasteiger partial charge in [0.25, 0.3) is 0 Å². The van der Waals surface area contributed by atoms with Crippen LogP contribution in [0.5, 0.6) is 0 Å². The van der Waals surface area contributed by atoms with E-state index in [2.05, 4.69) is 53.8 Å². The molecule has 0 bridgehead atoms. The van der Waals surface area contributed by atoms with Crippen LogP contribution in [0.15, 0.2) is 24.5 Å². The average Bonchev–Trinajstić information content (AvgIpc) is 2.59. The van der Waals surface area contributed by atoms with Gasteiger partial charge in [-0.15, -0.1) is 0 Å². The number of rotatable bonds is 3. The van der Waals surface area contributed by atoms with E-state index in [9.17, 15) is 0 Å². The minimum absolute atomic E-state index is 0.500. The van der Waals surface area contributed by atoms with E-state index in [-0.39, 0.29) is 0 Å². The molecular weight excluding hydrogens is 186 g/mol. The fraction of sp³-hybridized carbons (Fsp3) is 0.417. The molecule has 0 fully saturated rings. The summed E-state index contributed by atoms with van der Waals surface area (Å²) in [6, 6.07) is 4.64. The Morgan fingerprint density at radius 3 is 3.00 bits per heavy atom. The molecule has 2 rings (SSSR count). The van der Waals surface area contributed by atoms with Crippen LogP contribution in [0.4, 0.5) is 0 Å². The fourth-order valence-electron chi connectivity index (χ4n) is 1.64. The monoisotopic (exact) mass is 203 g/mol. The van der Waals surface area contributed by atoms with Crippen LogP contribution < -0.4 is 5.32 Å². The average molecular weight is 203 g/mol. The van der Waals surface area contributed by atoms with Gasteiger partial charge >= 0.3 is 0 Å². The van der Waals surface area contributed by atoms with E-state index in [4.69, 9.17) is 0 Å². The van der Waals surface area contributed by atoms with Gasteiger partial charge in [0, 0.05) is 18.8 Å². The maximum Gasteiger partial charge on any atom is 0.139 e. The fourth-order valence-corrected chi connectivity index (χ4v) is 1.64. The van der Waals surface area contributed by atoms with Gasteiger partial charge in [-0.3, -0.25) is 0 Å². The summed E-state index contributed by atoms with van der Waals surface area (Å²) >= 11 is 0. The Balaban J connectivity index is 2.33. The van der Waals surface area contributed by atoms with Crippen molar-refractivity contribution < 1.29 is 0 Å². The van der Waals surface area contributed by atoms with Gasteiger partial charge in [-0.1, -0.05) is 19.9 Å². The molecule has 0 saturated heterocycles. The SMILES string of the molecule is Cc1cccn2c(CNC(C)C)cnc12. The molecule has 2 aromatic rings. The molecule has 0 aliphatic heterocycles. The molecule has 0 unspecified atom stereocenters. The van der Waals surface area contributed by atoms with Gasteiger partial charge in [0.2, 0.25) is 0 Å². The highest BCUT2D eigenvalue weighted by atomic mass is 15.0. The Bertz CT molecular complexity index is 457. The Hall–Kier alpha value is -1.35. The van der Waals surface area contributed by atoms with Crippen LogP contribution in [0.25, 0.3) is 5.65 Å². The molecular formula is C12H17N3. The largest absolute Gasteiger partial charge is 0.309 e. The molecule has 0 atom stereocenters. The normalized spacial score (nSPS) is 11.5. The van der Waals surface area contributed by atoms with E-state index in [1.54, 1.807) is 0 Å². The summed E-state index contributed by atoms with van der Waals surface area (Å²) in [6.07, 6.45) is 4.00. The summed E-state index contributed by atoms with van der Waals surface area (Å²) in [4.78, 5) is 4.42. The number of nitrogens with one attached hydrogen (secondary N) is 1. The van der Waals surface area contributed by atoms with Crippen LogP contribution in [-0.4, -0.2) is 15.4 Å². The predicted molar refractivity (Wildman–Crippen MR) is 61.9 cm³/mol. The Morgan fingerprint density at radius 2 is 2.27 bits per heavy atom. The summed E-state index contributed by atoms with van der Waals surface area (Å²) in [6.45, 7) is 7.24. The highest BCUT2D eigenvalue weighted by molar-refractivity contribution is 5.48. The van der Waals surface area contributed by atoms with Crippen molar-refractivity contribution in [2.24, 2.45) is 0 Å². The maximum absolute atomic E-state index is 4.42. The molecule has 0 aromatic carbocycles. The quantitative estimate of drug-likeness (QED) is 0.828. The van der Waals surface area contributed by atoms with Gasteiger partial charge in [-0.2, -0.15) is 0 Å². The number of imidazole rings is 1. The third-order valence-corrected chi connectivity index (χ3v) is 2.50. The molecule has 0 aliphatic rings. The highest BCUT2D eigenvalue weighted by Crippen LogP contribution is 2.10. The van der Waals surface area contributed by atoms with Gasteiger partial charge in [-0.25, -0.2) is 4.98 Å². The van der Waals surface area contributed by atoms with Crippen LogP contribution in [0.1, 0.15) is 25.1 Å². The van der Waals surface area contributed by atoms with Crippen molar-refractivity contribution >= 4 is 5.65 Å². The van der Waals surface area contributed by atoms with E-state index in [1.807, 2.05) is 6.20 Å². The summed E-state index contributed by atoms with van der Waals surface area (Å²) in [5, 5.41) is 3.40. The van der Waals surface area contributed by atoms with E-state index in [0.29, 0.717) is 6.04 Å². The number of hydrogen-bond donors (Lipinski definition) is 1. The second kappa shape index (κ2) is 4.03. The molecule has 80 valence electrons. The molecule has 1 N–H and O–H groups in total. The van der Waals surface area contributed by atoms with Crippen molar-refractivity contribution in [1.82, 2.24) is 14.7 Å². The van der Waals surface area contributed by atoms with Crippen molar-refractivity contribution in [3.05, 3.63) is 35.8 Å². The van der Waals surface area contributed by atoms with Crippen molar-refractivity contribution in [3.63, 3.8) is 0 Å². The lowest BCUT2D eigenvalue weighted by atomic mass is 10.3. The lowest BCUT2D eigenvalue weighted by Crippen LogP contribution is -2.22. The Kier molecular flexibility index (Phi) is 2.73. The summed E-state index contributed by atoms with van der Waals surface area (Å²) in [5.74, 6) is 0. The topological polar surface area (TPSA) is 29.3 Å². The molecule has 15 heavy (non-hydrogen) atoms. The van der Waals surface area contributed by atoms with Gasteiger partial charge in [0.15, 0.2) is 0 Å². The van der Waals surface area contributed by atoms with E-state index >= 15 is 0 Å². The smallest absolute Gasteiger partial charge is 0.139 e. The summed E-state index contributed by atoms with van der Waals surface area (Å²) in [5.41, 5.74) is 3.48. The molecule has 3 nitrogen and oxygen atoms in total. The van der Waals surface area contributed by atoms with Crippen molar-refractivity contribution in [2.45, 2.75) is 33.4 Å². The standard InChI is InChI=1S/C12H17N3/c1-9(2)13-7-11-8-14-12-10(3)5-4-6-15(11)12/h4-6,8-9,13H,7H2,1-3H3. The molecule has 0 amide bonds. The molecule has 0 aliphatic carbocycles. The highest BCUT2D eigenvalue weighted by Gasteiger charge is 2.04. The Morgan fingerprint density at radius 1 is 1.47 bits per heavy atom. The van der Waals surface area contributed by atoms with E-state index in [1.165, 1.54) is 11.3 Å². The first kappa shape index (κ1) is 10.2.